The fourth-order valence-electron chi connectivity index (χ4n) is 1.97. The van der Waals surface area contributed by atoms with Crippen molar-refractivity contribution >= 4 is 54.7 Å². The maximum atomic E-state index is 12.6. The number of thiophene rings is 1. The zero-order valence-corrected chi connectivity index (χ0v) is 12.8. The Morgan fingerprint density at radius 2 is 1.89 bits per heavy atom. The van der Waals surface area contributed by atoms with Crippen LogP contribution < -0.4 is 0 Å². The van der Waals surface area contributed by atoms with Crippen LogP contribution in [0.4, 0.5) is 0 Å². The minimum Gasteiger partial charge on any atom is -0.288 e. The van der Waals surface area contributed by atoms with Crippen LogP contribution in [0.25, 0.3) is 10.1 Å². The van der Waals surface area contributed by atoms with Crippen LogP contribution in [0.3, 0.4) is 0 Å². The Balaban J connectivity index is 2.16. The lowest BCUT2D eigenvalue weighted by atomic mass is 10.0. The Morgan fingerprint density at radius 1 is 1.11 bits per heavy atom. The Bertz CT molecular complexity index is 779. The molecule has 0 aliphatic carbocycles. The molecule has 1 nitrogen and oxygen atoms in total. The lowest BCUT2D eigenvalue weighted by molar-refractivity contribution is 0.104. The van der Waals surface area contributed by atoms with Gasteiger partial charge in [-0.25, -0.2) is 0 Å². The summed E-state index contributed by atoms with van der Waals surface area (Å²) in [6, 6.07) is 13.2. The van der Waals surface area contributed by atoms with Crippen molar-refractivity contribution in [2.24, 2.45) is 0 Å². The summed E-state index contributed by atoms with van der Waals surface area (Å²) in [6.07, 6.45) is 0. The predicted molar refractivity (Wildman–Crippen MR) is 84.4 cm³/mol. The highest BCUT2D eigenvalue weighted by atomic mass is 79.9. The molecule has 3 rings (SSSR count). The molecule has 0 N–H and O–H groups in total. The quantitative estimate of drug-likeness (QED) is 0.553. The van der Waals surface area contributed by atoms with Crippen molar-refractivity contribution in [3.8, 4) is 0 Å². The van der Waals surface area contributed by atoms with Gasteiger partial charge >= 0.3 is 0 Å². The average molecular weight is 352 g/mol. The van der Waals surface area contributed by atoms with Crippen LogP contribution in [0.15, 0.2) is 52.3 Å². The van der Waals surface area contributed by atoms with E-state index in [9.17, 15) is 4.79 Å². The molecule has 19 heavy (non-hydrogen) atoms. The van der Waals surface area contributed by atoms with Gasteiger partial charge in [0.05, 0.1) is 5.02 Å². The highest BCUT2D eigenvalue weighted by molar-refractivity contribution is 9.10. The highest BCUT2D eigenvalue weighted by Crippen LogP contribution is 2.30. The first-order chi connectivity index (χ1) is 9.16. The Kier molecular flexibility index (Phi) is 3.44. The third-order valence-corrected chi connectivity index (χ3v) is 4.68. The van der Waals surface area contributed by atoms with E-state index >= 15 is 0 Å². The molecule has 0 spiro atoms. The van der Waals surface area contributed by atoms with E-state index in [2.05, 4.69) is 15.9 Å². The number of halogens is 2. The summed E-state index contributed by atoms with van der Waals surface area (Å²) in [5.41, 5.74) is 1.24. The lowest BCUT2D eigenvalue weighted by Crippen LogP contribution is -2.01. The Morgan fingerprint density at radius 3 is 2.74 bits per heavy atom. The van der Waals surface area contributed by atoms with Crippen molar-refractivity contribution in [2.75, 3.05) is 0 Å². The van der Waals surface area contributed by atoms with Gasteiger partial charge in [0.15, 0.2) is 5.78 Å². The van der Waals surface area contributed by atoms with E-state index in [-0.39, 0.29) is 5.78 Å². The van der Waals surface area contributed by atoms with Gasteiger partial charge in [0, 0.05) is 31.1 Å². The first-order valence-corrected chi connectivity index (χ1v) is 7.68. The van der Waals surface area contributed by atoms with Gasteiger partial charge in [-0.1, -0.05) is 45.7 Å². The molecular weight excluding hydrogens is 344 g/mol. The maximum absolute atomic E-state index is 12.6. The standard InChI is InChI=1S/C15H8BrClOS/c16-9-5-6-13(17)11(7-9)15(18)12-8-19-14-4-2-1-3-10(12)14/h1-8H. The second kappa shape index (κ2) is 5.08. The van der Waals surface area contributed by atoms with Crippen molar-refractivity contribution in [1.29, 1.82) is 0 Å². The number of carbonyl (C=O) groups excluding carboxylic acids is 1. The topological polar surface area (TPSA) is 17.1 Å². The summed E-state index contributed by atoms with van der Waals surface area (Å²) in [7, 11) is 0. The lowest BCUT2D eigenvalue weighted by Gasteiger charge is -2.03. The van der Waals surface area contributed by atoms with Gasteiger partial charge in [-0.15, -0.1) is 11.3 Å². The van der Waals surface area contributed by atoms with Crippen molar-refractivity contribution in [3.63, 3.8) is 0 Å². The number of fused-ring (bicyclic) bond motifs is 1. The summed E-state index contributed by atoms with van der Waals surface area (Å²) < 4.78 is 1.96. The molecule has 0 saturated carbocycles. The number of ketones is 1. The van der Waals surface area contributed by atoms with Crippen LogP contribution >= 0.6 is 38.9 Å². The normalized spacial score (nSPS) is 10.8. The van der Waals surface area contributed by atoms with Crippen molar-refractivity contribution in [1.82, 2.24) is 0 Å². The van der Waals surface area contributed by atoms with Gasteiger partial charge in [0.25, 0.3) is 0 Å². The molecule has 0 bridgehead atoms. The van der Waals surface area contributed by atoms with Crippen LogP contribution in [0.5, 0.6) is 0 Å². The molecule has 0 unspecified atom stereocenters. The van der Waals surface area contributed by atoms with Gasteiger partial charge in [-0.2, -0.15) is 0 Å². The van der Waals surface area contributed by atoms with E-state index in [1.165, 1.54) is 0 Å². The molecule has 0 amide bonds. The summed E-state index contributed by atoms with van der Waals surface area (Å²) in [4.78, 5) is 12.6. The van der Waals surface area contributed by atoms with Crippen LogP contribution in [-0.4, -0.2) is 5.78 Å². The second-order valence-corrected chi connectivity index (χ2v) is 6.33. The first kappa shape index (κ1) is 12.9. The molecular formula is C15H8BrClOS. The number of hydrogen-bond donors (Lipinski definition) is 0. The van der Waals surface area contributed by atoms with E-state index in [0.29, 0.717) is 16.1 Å². The minimum atomic E-state index is -0.0382. The SMILES string of the molecule is O=C(c1cc(Br)ccc1Cl)c1csc2ccccc12. The highest BCUT2D eigenvalue weighted by Gasteiger charge is 2.17. The number of carbonyl (C=O) groups is 1. The van der Waals surface area contributed by atoms with Crippen LogP contribution in [0.1, 0.15) is 15.9 Å². The van der Waals surface area contributed by atoms with Crippen molar-refractivity contribution in [3.05, 3.63) is 68.5 Å². The fourth-order valence-corrected chi connectivity index (χ4v) is 3.48. The van der Waals surface area contributed by atoms with Gasteiger partial charge in [-0.05, 0) is 24.3 Å². The maximum Gasteiger partial charge on any atom is 0.196 e. The van der Waals surface area contributed by atoms with Gasteiger partial charge < -0.3 is 0 Å². The Labute approximate surface area is 128 Å². The number of benzene rings is 2. The van der Waals surface area contributed by atoms with Gasteiger partial charge in [-0.3, -0.25) is 4.79 Å². The summed E-state index contributed by atoms with van der Waals surface area (Å²) >= 11 is 11.1. The summed E-state index contributed by atoms with van der Waals surface area (Å²) in [6.45, 7) is 0. The van der Waals surface area contributed by atoms with Gasteiger partial charge in [0.2, 0.25) is 0 Å². The molecule has 0 atom stereocenters. The number of hydrogen-bond acceptors (Lipinski definition) is 2. The van der Waals surface area contributed by atoms with Crippen LogP contribution in [-0.2, 0) is 0 Å². The van der Waals surface area contributed by atoms with E-state index < -0.39 is 0 Å². The fraction of sp³-hybridized carbons (Fsp3) is 0. The molecule has 0 radical (unpaired) electrons. The van der Waals surface area contributed by atoms with Crippen LogP contribution in [0, 0.1) is 0 Å². The van der Waals surface area contributed by atoms with E-state index in [4.69, 9.17) is 11.6 Å². The van der Waals surface area contributed by atoms with Crippen molar-refractivity contribution in [2.45, 2.75) is 0 Å². The zero-order chi connectivity index (χ0) is 13.4. The average Bonchev–Trinajstić information content (AvgIpc) is 2.84. The third kappa shape index (κ3) is 2.34. The van der Waals surface area contributed by atoms with E-state index in [1.54, 1.807) is 23.5 Å². The second-order valence-electron chi connectivity index (χ2n) is 4.10. The molecule has 94 valence electrons. The molecule has 0 saturated heterocycles. The van der Waals surface area contributed by atoms with E-state index in [0.717, 1.165) is 14.6 Å². The molecule has 2 aromatic carbocycles. The largest absolute Gasteiger partial charge is 0.288 e. The molecule has 0 aliphatic heterocycles. The Hall–Kier alpha value is -1.16. The summed E-state index contributed by atoms with van der Waals surface area (Å²) in [5.74, 6) is -0.0382. The van der Waals surface area contributed by atoms with E-state index in [1.807, 2.05) is 35.7 Å². The zero-order valence-electron chi connectivity index (χ0n) is 9.69. The van der Waals surface area contributed by atoms with Crippen molar-refractivity contribution < 1.29 is 4.79 Å². The molecule has 3 aromatic rings. The van der Waals surface area contributed by atoms with Crippen LogP contribution in [0.2, 0.25) is 5.02 Å². The molecule has 1 heterocycles. The predicted octanol–water partition coefficient (Wildman–Crippen LogP) is 5.55. The molecule has 1 aromatic heterocycles. The molecule has 0 fully saturated rings. The third-order valence-electron chi connectivity index (χ3n) is 2.90. The molecule has 0 aliphatic rings. The molecule has 4 heteroatoms. The van der Waals surface area contributed by atoms with Gasteiger partial charge in [0.1, 0.15) is 0 Å². The summed E-state index contributed by atoms with van der Waals surface area (Å²) in [5, 5.41) is 3.35. The monoisotopic (exact) mass is 350 g/mol. The number of rotatable bonds is 2. The minimum absolute atomic E-state index is 0.0382. The first-order valence-electron chi connectivity index (χ1n) is 5.63. The smallest absolute Gasteiger partial charge is 0.196 e.